The predicted molar refractivity (Wildman–Crippen MR) is 120 cm³/mol. The molecular weight excluding hydrogens is 418 g/mol. The zero-order valence-corrected chi connectivity index (χ0v) is 18.5. The van der Waals surface area contributed by atoms with E-state index in [1.807, 2.05) is 26.1 Å². The van der Waals surface area contributed by atoms with E-state index in [4.69, 9.17) is 11.6 Å². The van der Waals surface area contributed by atoms with E-state index < -0.39 is 0 Å². The van der Waals surface area contributed by atoms with Gasteiger partial charge in [0.15, 0.2) is 5.13 Å². The molecule has 0 bridgehead atoms. The van der Waals surface area contributed by atoms with Crippen LogP contribution in [0.4, 0.5) is 10.9 Å². The molecule has 0 spiro atoms. The van der Waals surface area contributed by atoms with E-state index in [0.29, 0.717) is 10.2 Å². The number of hydrogen-bond donors (Lipinski definition) is 1. The lowest BCUT2D eigenvalue weighted by Gasteiger charge is -2.27. The number of carbonyl (C=O) groups is 1. The number of aryl methyl sites for hydroxylation is 2. The van der Waals surface area contributed by atoms with E-state index in [9.17, 15) is 4.79 Å². The van der Waals surface area contributed by atoms with Crippen LogP contribution in [-0.2, 0) is 17.8 Å². The number of fused-ring (bicyclic) bond motifs is 1. The normalized spacial score (nSPS) is 15.8. The molecule has 0 unspecified atom stereocenters. The van der Waals surface area contributed by atoms with Crippen molar-refractivity contribution in [1.29, 1.82) is 0 Å². The first kappa shape index (κ1) is 19.5. The Labute approximate surface area is 184 Å². The molecule has 1 aliphatic carbocycles. The number of nitrogens with one attached hydrogen (secondary N) is 1. The van der Waals surface area contributed by atoms with Gasteiger partial charge in [-0.25, -0.2) is 9.97 Å². The van der Waals surface area contributed by atoms with E-state index in [0.717, 1.165) is 66.2 Å². The average Bonchev–Trinajstić information content (AvgIpc) is 3.49. The standard InChI is InChI=1S/C22H22ClN5OS/c1-12-7-13(2)20(25-9-12)15-8-19(24-10-16(15)23)28-6-5-17-18(11-28)30-22(26-17)27-21(29)14-3-4-14/h7-10,14H,3-6,11H2,1-2H3,(H,26,27,29). The SMILES string of the molecule is Cc1cnc(-c2cc(N3CCc4nc(NC(=O)C5CC5)sc4C3)ncc2Cl)c(C)c1. The summed E-state index contributed by atoms with van der Waals surface area (Å²) in [5.74, 6) is 1.15. The fourth-order valence-electron chi connectivity index (χ4n) is 3.78. The number of anilines is 2. The van der Waals surface area contributed by atoms with Crippen molar-refractivity contribution in [2.75, 3.05) is 16.8 Å². The third-order valence-corrected chi connectivity index (χ3v) is 6.84. The van der Waals surface area contributed by atoms with Gasteiger partial charge in [-0.15, -0.1) is 0 Å². The third kappa shape index (κ3) is 3.79. The smallest absolute Gasteiger partial charge is 0.229 e. The first-order valence-corrected chi connectivity index (χ1v) is 11.3. The Hall–Kier alpha value is -2.51. The molecule has 6 nitrogen and oxygen atoms in total. The highest BCUT2D eigenvalue weighted by atomic mass is 35.5. The van der Waals surface area contributed by atoms with Crippen molar-refractivity contribution in [2.24, 2.45) is 5.92 Å². The van der Waals surface area contributed by atoms with E-state index >= 15 is 0 Å². The number of carbonyl (C=O) groups excluding carboxylic acids is 1. The van der Waals surface area contributed by atoms with Gasteiger partial charge >= 0.3 is 0 Å². The first-order chi connectivity index (χ1) is 14.5. The van der Waals surface area contributed by atoms with Gasteiger partial charge < -0.3 is 10.2 Å². The second kappa shape index (κ2) is 7.63. The molecule has 30 heavy (non-hydrogen) atoms. The lowest BCUT2D eigenvalue weighted by molar-refractivity contribution is -0.117. The molecule has 1 saturated carbocycles. The minimum Gasteiger partial charge on any atom is -0.351 e. The Kier molecular flexibility index (Phi) is 4.95. The molecule has 1 aliphatic heterocycles. The van der Waals surface area contributed by atoms with E-state index in [1.165, 1.54) is 4.88 Å². The molecule has 8 heteroatoms. The molecule has 3 aromatic rings. The number of nitrogens with zero attached hydrogens (tertiary/aromatic N) is 4. The second-order valence-corrected chi connectivity index (χ2v) is 9.52. The van der Waals surface area contributed by atoms with Crippen molar-refractivity contribution in [2.45, 2.75) is 39.7 Å². The summed E-state index contributed by atoms with van der Waals surface area (Å²) in [5.41, 5.74) is 5.07. The molecule has 0 aromatic carbocycles. The fourth-order valence-corrected chi connectivity index (χ4v) is 5.00. The number of pyridine rings is 2. The highest BCUT2D eigenvalue weighted by Crippen LogP contribution is 2.35. The van der Waals surface area contributed by atoms with Crippen LogP contribution < -0.4 is 10.2 Å². The number of amides is 1. The third-order valence-electron chi connectivity index (χ3n) is 5.54. The molecule has 0 radical (unpaired) electrons. The maximum absolute atomic E-state index is 12.0. The van der Waals surface area contributed by atoms with Crippen LogP contribution in [0.25, 0.3) is 11.3 Å². The van der Waals surface area contributed by atoms with Crippen LogP contribution in [0.3, 0.4) is 0 Å². The van der Waals surface area contributed by atoms with Crippen LogP contribution in [0.15, 0.2) is 24.5 Å². The molecule has 3 aromatic heterocycles. The van der Waals surface area contributed by atoms with Gasteiger partial charge in [0.25, 0.3) is 0 Å². The predicted octanol–water partition coefficient (Wildman–Crippen LogP) is 4.78. The molecule has 4 heterocycles. The van der Waals surface area contributed by atoms with E-state index in [1.54, 1.807) is 17.5 Å². The van der Waals surface area contributed by atoms with Gasteiger partial charge in [0.1, 0.15) is 5.82 Å². The molecule has 0 saturated heterocycles. The maximum atomic E-state index is 12.0. The summed E-state index contributed by atoms with van der Waals surface area (Å²) in [4.78, 5) is 29.3. The van der Waals surface area contributed by atoms with Crippen molar-refractivity contribution < 1.29 is 4.79 Å². The number of aromatic nitrogens is 3. The summed E-state index contributed by atoms with van der Waals surface area (Å²) in [6.07, 6.45) is 6.37. The van der Waals surface area contributed by atoms with Gasteiger partial charge in [0.2, 0.25) is 5.91 Å². The van der Waals surface area contributed by atoms with E-state index in [-0.39, 0.29) is 11.8 Å². The van der Waals surface area contributed by atoms with Crippen molar-refractivity contribution in [1.82, 2.24) is 15.0 Å². The first-order valence-electron chi connectivity index (χ1n) is 10.1. The van der Waals surface area contributed by atoms with Crippen LogP contribution >= 0.6 is 22.9 Å². The van der Waals surface area contributed by atoms with Gasteiger partial charge in [0, 0.05) is 41.7 Å². The molecule has 0 atom stereocenters. The average molecular weight is 440 g/mol. The summed E-state index contributed by atoms with van der Waals surface area (Å²) in [7, 11) is 0. The van der Waals surface area contributed by atoms with Gasteiger partial charge in [-0.3, -0.25) is 9.78 Å². The van der Waals surface area contributed by atoms with Crippen molar-refractivity contribution in [3.05, 3.63) is 51.2 Å². The zero-order chi connectivity index (χ0) is 20.8. The number of hydrogen-bond acceptors (Lipinski definition) is 6. The molecule has 1 amide bonds. The number of halogens is 1. The van der Waals surface area contributed by atoms with Gasteiger partial charge in [0.05, 0.1) is 23.0 Å². The highest BCUT2D eigenvalue weighted by molar-refractivity contribution is 7.15. The summed E-state index contributed by atoms with van der Waals surface area (Å²) >= 11 is 8.04. The Morgan fingerprint density at radius 2 is 2.07 bits per heavy atom. The van der Waals surface area contributed by atoms with Crippen molar-refractivity contribution in [3.63, 3.8) is 0 Å². The number of thiazole rings is 1. The molecule has 2 aliphatic rings. The van der Waals surface area contributed by atoms with Gasteiger partial charge in [-0.2, -0.15) is 0 Å². The molecule has 1 N–H and O–H groups in total. The second-order valence-electron chi connectivity index (χ2n) is 8.02. The quantitative estimate of drug-likeness (QED) is 0.633. The van der Waals surface area contributed by atoms with Crippen LogP contribution in [0, 0.1) is 19.8 Å². The lowest BCUT2D eigenvalue weighted by atomic mass is 10.1. The summed E-state index contributed by atoms with van der Waals surface area (Å²) < 4.78 is 0. The van der Waals surface area contributed by atoms with Crippen LogP contribution in [0.1, 0.15) is 34.5 Å². The Morgan fingerprint density at radius 1 is 1.23 bits per heavy atom. The Morgan fingerprint density at radius 3 is 2.83 bits per heavy atom. The summed E-state index contributed by atoms with van der Waals surface area (Å²) in [6, 6.07) is 4.13. The largest absolute Gasteiger partial charge is 0.351 e. The van der Waals surface area contributed by atoms with Gasteiger partial charge in [-0.1, -0.05) is 29.0 Å². The fraction of sp³-hybridized carbons (Fsp3) is 0.364. The minimum absolute atomic E-state index is 0.0999. The molecule has 1 fully saturated rings. The Bertz CT molecular complexity index is 1140. The van der Waals surface area contributed by atoms with E-state index in [2.05, 4.69) is 31.2 Å². The maximum Gasteiger partial charge on any atom is 0.229 e. The van der Waals surface area contributed by atoms with Crippen LogP contribution in [-0.4, -0.2) is 27.4 Å². The molecule has 5 rings (SSSR count). The summed E-state index contributed by atoms with van der Waals surface area (Å²) in [5, 5.41) is 4.28. The zero-order valence-electron chi connectivity index (χ0n) is 16.9. The van der Waals surface area contributed by atoms with Crippen molar-refractivity contribution in [3.8, 4) is 11.3 Å². The highest BCUT2D eigenvalue weighted by Gasteiger charge is 2.31. The molecular formula is C22H22ClN5OS. The lowest BCUT2D eigenvalue weighted by Crippen LogP contribution is -2.30. The van der Waals surface area contributed by atoms with Gasteiger partial charge in [-0.05, 0) is 43.9 Å². The topological polar surface area (TPSA) is 71.0 Å². The number of rotatable bonds is 4. The monoisotopic (exact) mass is 439 g/mol. The molecule has 154 valence electrons. The Balaban J connectivity index is 1.39. The van der Waals surface area contributed by atoms with Crippen LogP contribution in [0.5, 0.6) is 0 Å². The van der Waals surface area contributed by atoms with Crippen molar-refractivity contribution >= 4 is 39.8 Å². The van der Waals surface area contributed by atoms with Crippen LogP contribution in [0.2, 0.25) is 5.02 Å². The minimum atomic E-state index is 0.0999. The summed E-state index contributed by atoms with van der Waals surface area (Å²) in [6.45, 7) is 5.63.